The van der Waals surface area contributed by atoms with Gasteiger partial charge in [0.05, 0.1) is 0 Å². The van der Waals surface area contributed by atoms with Gasteiger partial charge in [0.1, 0.15) is 32.9 Å². The second kappa shape index (κ2) is 9.28. The number of para-hydroxylation sites is 2. The lowest BCUT2D eigenvalue weighted by Gasteiger charge is -2.27. The van der Waals surface area contributed by atoms with Gasteiger partial charge in [0.25, 0.3) is 0 Å². The topological polar surface area (TPSA) is 41.8 Å². The molecule has 4 radical (unpaired) electrons. The Morgan fingerprint density at radius 1 is 0.882 bits per heavy atom. The number of aliphatic imine (C=N–C) groups is 1. The van der Waals surface area contributed by atoms with Crippen molar-refractivity contribution in [3.63, 3.8) is 0 Å². The maximum absolute atomic E-state index is 14.4. The molecular formula is C27H27B2F2NO2. The fourth-order valence-electron chi connectivity index (χ4n) is 3.40. The molecular weight excluding hydrogens is 430 g/mol. The van der Waals surface area contributed by atoms with Crippen LogP contribution in [0.1, 0.15) is 58.2 Å². The van der Waals surface area contributed by atoms with Crippen LogP contribution in [0.5, 0.6) is 17.2 Å². The lowest BCUT2D eigenvalue weighted by Crippen LogP contribution is -2.31. The highest BCUT2D eigenvalue weighted by molar-refractivity contribution is 6.49. The minimum absolute atomic E-state index is 0.143. The molecule has 3 rings (SSSR count). The summed E-state index contributed by atoms with van der Waals surface area (Å²) in [5.41, 5.74) is 1.62. The summed E-state index contributed by atoms with van der Waals surface area (Å²) in [6, 6.07) is 11.2. The van der Waals surface area contributed by atoms with Gasteiger partial charge in [-0.25, -0.2) is 8.78 Å². The zero-order valence-electron chi connectivity index (χ0n) is 20.3. The summed E-state index contributed by atoms with van der Waals surface area (Å²) in [4.78, 5) is 4.50. The molecule has 0 bridgehead atoms. The number of halogens is 2. The molecule has 0 saturated carbocycles. The number of hydrogen-bond donors (Lipinski definition) is 1. The van der Waals surface area contributed by atoms with E-state index in [-0.39, 0.29) is 33.5 Å². The number of aromatic hydroxyl groups is 1. The van der Waals surface area contributed by atoms with Gasteiger partial charge >= 0.3 is 0 Å². The summed E-state index contributed by atoms with van der Waals surface area (Å²) in [5, 5.41) is 11.0. The number of hydrogen-bond acceptors (Lipinski definition) is 3. The van der Waals surface area contributed by atoms with E-state index in [0.29, 0.717) is 17.3 Å². The molecule has 34 heavy (non-hydrogen) atoms. The number of phenolic OH excluding ortho intramolecular Hbond substituents is 1. The Labute approximate surface area is 202 Å². The first-order valence-electron chi connectivity index (χ1n) is 10.9. The maximum Gasteiger partial charge on any atom is 0.167 e. The first kappa shape index (κ1) is 25.5. The lowest BCUT2D eigenvalue weighted by molar-refractivity contribution is 0.443. The Bertz CT molecular complexity index is 1260. The van der Waals surface area contributed by atoms with Crippen LogP contribution in [0.2, 0.25) is 0 Å². The highest BCUT2D eigenvalue weighted by Gasteiger charge is 2.24. The van der Waals surface area contributed by atoms with Crippen molar-refractivity contribution in [1.29, 1.82) is 0 Å². The van der Waals surface area contributed by atoms with Gasteiger partial charge in [-0.05, 0) is 34.6 Å². The number of rotatable bonds is 4. The van der Waals surface area contributed by atoms with Gasteiger partial charge in [-0.1, -0.05) is 70.7 Å². The zero-order chi connectivity index (χ0) is 25.4. The fourth-order valence-corrected chi connectivity index (χ4v) is 3.40. The Morgan fingerprint density at radius 3 is 2.15 bits per heavy atom. The van der Waals surface area contributed by atoms with E-state index < -0.39 is 17.1 Å². The average molecular weight is 457 g/mol. The lowest BCUT2D eigenvalue weighted by atomic mass is 9.79. The van der Waals surface area contributed by atoms with Gasteiger partial charge in [-0.15, -0.1) is 0 Å². The largest absolute Gasteiger partial charge is 0.507 e. The van der Waals surface area contributed by atoms with Crippen LogP contribution in [0.4, 0.5) is 14.5 Å². The fraction of sp³-hybridized carbons (Fsp3) is 0.296. The van der Waals surface area contributed by atoms with Crippen molar-refractivity contribution in [3.8, 4) is 17.2 Å². The van der Waals surface area contributed by atoms with E-state index in [4.69, 9.17) is 20.4 Å². The van der Waals surface area contributed by atoms with E-state index in [0.717, 1.165) is 11.1 Å². The van der Waals surface area contributed by atoms with Crippen molar-refractivity contribution >= 4 is 38.5 Å². The van der Waals surface area contributed by atoms with Crippen LogP contribution in [-0.2, 0) is 10.8 Å². The molecule has 0 aliphatic heterocycles. The molecule has 0 aliphatic rings. The van der Waals surface area contributed by atoms with Gasteiger partial charge < -0.3 is 9.84 Å². The molecule has 3 nitrogen and oxygen atoms in total. The minimum Gasteiger partial charge on any atom is -0.507 e. The van der Waals surface area contributed by atoms with Gasteiger partial charge in [0, 0.05) is 23.4 Å². The number of ether oxygens (including phenoxy) is 1. The van der Waals surface area contributed by atoms with E-state index in [1.807, 2.05) is 32.9 Å². The Morgan fingerprint density at radius 2 is 1.53 bits per heavy atom. The summed E-state index contributed by atoms with van der Waals surface area (Å²) >= 11 is 0. The smallest absolute Gasteiger partial charge is 0.167 e. The normalized spacial score (nSPS) is 12.4. The number of benzene rings is 3. The third-order valence-corrected chi connectivity index (χ3v) is 5.50. The Balaban J connectivity index is 2.07. The van der Waals surface area contributed by atoms with Crippen molar-refractivity contribution in [2.24, 2.45) is 4.99 Å². The summed E-state index contributed by atoms with van der Waals surface area (Å²) in [5.74, 6) is -1.98. The third-order valence-electron chi connectivity index (χ3n) is 5.50. The Kier molecular flexibility index (Phi) is 6.97. The van der Waals surface area contributed by atoms with Gasteiger partial charge in [0.15, 0.2) is 17.3 Å². The third kappa shape index (κ3) is 5.35. The quantitative estimate of drug-likeness (QED) is 0.422. The highest BCUT2D eigenvalue weighted by atomic mass is 19.1. The molecule has 0 unspecified atom stereocenters. The van der Waals surface area contributed by atoms with E-state index >= 15 is 0 Å². The Hall–Kier alpha value is -3.08. The van der Waals surface area contributed by atoms with Gasteiger partial charge in [-0.3, -0.25) is 4.99 Å². The molecule has 0 aromatic heterocycles. The summed E-state index contributed by atoms with van der Waals surface area (Å²) < 4.78 is 33.7. The molecule has 172 valence electrons. The number of nitrogens with zero attached hydrogens (tertiary/aromatic N) is 1. The van der Waals surface area contributed by atoms with Gasteiger partial charge in [-0.2, -0.15) is 0 Å². The minimum atomic E-state index is -0.978. The van der Waals surface area contributed by atoms with Crippen LogP contribution in [0.3, 0.4) is 0 Å². The standard InChI is InChI=1S/C27H27B2F2NO2/c1-26(2,3)16-11-15(24(33)17(12-16)27(4,5)6)14-32-20-9-7-8-10-21(20)34-25-19(31)13-18(30)22(28)23(25)29/h7-14,33H,1-6H3. The monoisotopic (exact) mass is 457 g/mol. The van der Waals surface area contributed by atoms with E-state index in [1.54, 1.807) is 30.5 Å². The molecule has 3 aromatic rings. The molecule has 3 aromatic carbocycles. The maximum atomic E-state index is 14.4. The van der Waals surface area contributed by atoms with Crippen molar-refractivity contribution in [2.45, 2.75) is 52.4 Å². The van der Waals surface area contributed by atoms with Crippen LogP contribution >= 0.6 is 0 Å². The first-order valence-corrected chi connectivity index (χ1v) is 10.9. The second-order valence-electron chi connectivity index (χ2n) is 10.3. The molecule has 0 amide bonds. The molecule has 0 fully saturated rings. The molecule has 0 saturated heterocycles. The molecule has 7 heteroatoms. The van der Waals surface area contributed by atoms with Crippen LogP contribution in [-0.4, -0.2) is 27.0 Å². The van der Waals surface area contributed by atoms with Crippen LogP contribution in [0.15, 0.2) is 47.5 Å². The molecule has 0 aliphatic carbocycles. The van der Waals surface area contributed by atoms with Crippen molar-refractivity contribution in [2.75, 3.05) is 0 Å². The summed E-state index contributed by atoms with van der Waals surface area (Å²) in [7, 11) is 11.4. The molecule has 0 atom stereocenters. The number of phenols is 1. The average Bonchev–Trinajstić information content (AvgIpc) is 2.73. The predicted molar refractivity (Wildman–Crippen MR) is 136 cm³/mol. The van der Waals surface area contributed by atoms with E-state index in [9.17, 15) is 13.9 Å². The van der Waals surface area contributed by atoms with Crippen molar-refractivity contribution < 1.29 is 18.6 Å². The summed E-state index contributed by atoms with van der Waals surface area (Å²) in [6.07, 6.45) is 1.54. The predicted octanol–water partition coefficient (Wildman–Crippen LogP) is 5.40. The van der Waals surface area contributed by atoms with Crippen LogP contribution in [0.25, 0.3) is 0 Å². The van der Waals surface area contributed by atoms with Crippen molar-refractivity contribution in [3.05, 3.63) is 70.8 Å². The molecule has 1 N–H and O–H groups in total. The second-order valence-corrected chi connectivity index (χ2v) is 10.3. The van der Waals surface area contributed by atoms with Crippen LogP contribution in [0, 0.1) is 11.6 Å². The van der Waals surface area contributed by atoms with Crippen LogP contribution < -0.4 is 15.7 Å². The van der Waals surface area contributed by atoms with E-state index in [1.165, 1.54) is 0 Å². The molecule has 0 heterocycles. The summed E-state index contributed by atoms with van der Waals surface area (Å²) in [6.45, 7) is 12.4. The molecule has 0 spiro atoms. The zero-order valence-corrected chi connectivity index (χ0v) is 20.3. The van der Waals surface area contributed by atoms with E-state index in [2.05, 4.69) is 25.8 Å². The SMILES string of the molecule is [B]c1c(F)cc(F)c(Oc2ccccc2N=Cc2cc(C(C)(C)C)cc(C(C)(C)C)c2O)c1[B]. The van der Waals surface area contributed by atoms with Crippen molar-refractivity contribution in [1.82, 2.24) is 0 Å². The van der Waals surface area contributed by atoms with Gasteiger partial charge in [0.2, 0.25) is 0 Å². The highest BCUT2D eigenvalue weighted by Crippen LogP contribution is 2.38. The first-order chi connectivity index (χ1) is 15.7.